The minimum Gasteiger partial charge on any atom is -0.334 e. The number of H-pyrrole nitrogens is 1. The summed E-state index contributed by atoms with van der Waals surface area (Å²) < 4.78 is 0. The lowest BCUT2D eigenvalue weighted by Gasteiger charge is -2.25. The Labute approximate surface area is 98.9 Å². The van der Waals surface area contributed by atoms with Crippen LogP contribution in [0.1, 0.15) is 30.8 Å². The highest BCUT2D eigenvalue weighted by Gasteiger charge is 2.19. The highest BCUT2D eigenvalue weighted by molar-refractivity contribution is 5.92. The Morgan fingerprint density at radius 2 is 2.29 bits per heavy atom. The van der Waals surface area contributed by atoms with E-state index < -0.39 is 0 Å². The van der Waals surface area contributed by atoms with Crippen molar-refractivity contribution in [2.24, 2.45) is 0 Å². The van der Waals surface area contributed by atoms with E-state index >= 15 is 0 Å². The van der Waals surface area contributed by atoms with Gasteiger partial charge in [0.1, 0.15) is 5.69 Å². The van der Waals surface area contributed by atoms with E-state index in [1.54, 1.807) is 4.90 Å². The number of nitrogens with one attached hydrogen (secondary N) is 1. The molecule has 1 amide bonds. The van der Waals surface area contributed by atoms with Gasteiger partial charge in [0.2, 0.25) is 0 Å². The van der Waals surface area contributed by atoms with Crippen LogP contribution in [-0.4, -0.2) is 33.6 Å². The smallest absolute Gasteiger partial charge is 0.274 e. The molecule has 0 atom stereocenters. The second-order valence-electron chi connectivity index (χ2n) is 3.81. The molecule has 0 bridgehead atoms. The Kier molecular flexibility index (Phi) is 4.40. The predicted octanol–water partition coefficient (Wildman–Crippen LogP) is 0.534. The van der Waals surface area contributed by atoms with E-state index in [1.807, 2.05) is 19.9 Å². The van der Waals surface area contributed by atoms with Gasteiger partial charge in [-0.15, -0.1) is 0 Å². The van der Waals surface area contributed by atoms with Gasteiger partial charge < -0.3 is 4.90 Å². The van der Waals surface area contributed by atoms with Gasteiger partial charge in [0.25, 0.3) is 11.5 Å². The number of carbonyl (C=O) groups is 1. The summed E-state index contributed by atoms with van der Waals surface area (Å²) in [5, 5.41) is 14.4. The fourth-order valence-electron chi connectivity index (χ4n) is 1.38. The zero-order valence-electron chi connectivity index (χ0n) is 9.80. The van der Waals surface area contributed by atoms with E-state index in [-0.39, 0.29) is 29.6 Å². The first-order valence-corrected chi connectivity index (χ1v) is 5.30. The van der Waals surface area contributed by atoms with E-state index in [4.69, 9.17) is 5.26 Å². The van der Waals surface area contributed by atoms with E-state index in [9.17, 15) is 9.59 Å². The fourth-order valence-corrected chi connectivity index (χ4v) is 1.38. The number of hydrogen-bond donors (Lipinski definition) is 1. The molecule has 1 N–H and O–H groups in total. The second-order valence-corrected chi connectivity index (χ2v) is 3.81. The minimum absolute atomic E-state index is 0.0235. The average molecular weight is 234 g/mol. The van der Waals surface area contributed by atoms with Crippen molar-refractivity contribution in [3.63, 3.8) is 0 Å². The van der Waals surface area contributed by atoms with Gasteiger partial charge in [0.05, 0.1) is 12.5 Å². The molecular weight excluding hydrogens is 220 g/mol. The molecule has 0 saturated heterocycles. The van der Waals surface area contributed by atoms with Gasteiger partial charge in [-0.25, -0.2) is 5.10 Å². The maximum atomic E-state index is 12.0. The molecule has 0 aliphatic carbocycles. The zero-order valence-corrected chi connectivity index (χ0v) is 9.80. The summed E-state index contributed by atoms with van der Waals surface area (Å²) in [6.45, 7) is 4.08. The first-order valence-electron chi connectivity index (χ1n) is 5.30. The summed E-state index contributed by atoms with van der Waals surface area (Å²) >= 11 is 0. The number of carbonyl (C=O) groups excluding carboxylic acids is 1. The highest BCUT2D eigenvalue weighted by atomic mass is 16.2. The second kappa shape index (κ2) is 5.80. The van der Waals surface area contributed by atoms with Crippen LogP contribution in [-0.2, 0) is 0 Å². The van der Waals surface area contributed by atoms with Crippen LogP contribution in [0.25, 0.3) is 0 Å². The van der Waals surface area contributed by atoms with E-state index in [0.29, 0.717) is 6.54 Å². The third-order valence-corrected chi connectivity index (χ3v) is 2.25. The molecule has 0 radical (unpaired) electrons. The molecule has 6 nitrogen and oxygen atoms in total. The first-order chi connectivity index (χ1) is 8.06. The maximum Gasteiger partial charge on any atom is 0.274 e. The Morgan fingerprint density at radius 3 is 2.76 bits per heavy atom. The maximum absolute atomic E-state index is 12.0. The summed E-state index contributed by atoms with van der Waals surface area (Å²) in [4.78, 5) is 24.4. The third-order valence-electron chi connectivity index (χ3n) is 2.25. The van der Waals surface area contributed by atoms with Crippen LogP contribution in [0.3, 0.4) is 0 Å². The number of nitriles is 1. The van der Waals surface area contributed by atoms with Crippen LogP contribution in [0.4, 0.5) is 0 Å². The van der Waals surface area contributed by atoms with Crippen molar-refractivity contribution in [1.29, 1.82) is 5.26 Å². The Morgan fingerprint density at radius 1 is 1.59 bits per heavy atom. The Hall–Kier alpha value is -2.16. The van der Waals surface area contributed by atoms with Crippen LogP contribution in [0.2, 0.25) is 0 Å². The minimum atomic E-state index is -0.352. The predicted molar refractivity (Wildman–Crippen MR) is 61.3 cm³/mol. The van der Waals surface area contributed by atoms with Crippen molar-refractivity contribution < 1.29 is 4.79 Å². The van der Waals surface area contributed by atoms with Crippen molar-refractivity contribution in [1.82, 2.24) is 15.1 Å². The monoisotopic (exact) mass is 234 g/mol. The summed E-state index contributed by atoms with van der Waals surface area (Å²) in [7, 11) is 0. The number of rotatable bonds is 4. The lowest BCUT2D eigenvalue weighted by Crippen LogP contribution is -2.38. The lowest BCUT2D eigenvalue weighted by atomic mass is 10.2. The zero-order chi connectivity index (χ0) is 12.8. The van der Waals surface area contributed by atoms with Crippen LogP contribution < -0.4 is 5.56 Å². The number of aromatic nitrogens is 2. The summed E-state index contributed by atoms with van der Waals surface area (Å²) in [5.41, 5.74) is -0.175. The topological polar surface area (TPSA) is 89.9 Å². The molecular formula is C11H14N4O2. The molecule has 0 saturated carbocycles. The number of amides is 1. The van der Waals surface area contributed by atoms with Gasteiger partial charge in [-0.3, -0.25) is 9.59 Å². The molecule has 0 spiro atoms. The van der Waals surface area contributed by atoms with Crippen molar-refractivity contribution in [2.45, 2.75) is 26.3 Å². The highest BCUT2D eigenvalue weighted by Crippen LogP contribution is 2.05. The van der Waals surface area contributed by atoms with Crippen molar-refractivity contribution in [3.05, 3.63) is 28.2 Å². The molecule has 1 rings (SSSR count). The standard InChI is InChI=1S/C11H14N4O2/c1-8(2)15(7-3-6-12)11(17)9-4-5-10(16)14-13-9/h4-5,8H,3,7H2,1-2H3,(H,14,16). The SMILES string of the molecule is CC(C)N(CCC#N)C(=O)c1ccc(=O)[nH]n1. The largest absolute Gasteiger partial charge is 0.334 e. The van der Waals surface area contributed by atoms with Gasteiger partial charge in [-0.05, 0) is 19.9 Å². The van der Waals surface area contributed by atoms with Crippen LogP contribution in [0, 0.1) is 11.3 Å². The number of hydrogen-bond acceptors (Lipinski definition) is 4. The van der Waals surface area contributed by atoms with Gasteiger partial charge in [-0.2, -0.15) is 10.4 Å². The van der Waals surface area contributed by atoms with Crippen LogP contribution in [0.15, 0.2) is 16.9 Å². The first kappa shape index (κ1) is 12.9. The van der Waals surface area contributed by atoms with Gasteiger partial charge in [0, 0.05) is 18.7 Å². The lowest BCUT2D eigenvalue weighted by molar-refractivity contribution is 0.0703. The molecule has 0 aliphatic rings. The Bertz CT molecular complexity index is 466. The van der Waals surface area contributed by atoms with E-state index in [1.165, 1.54) is 12.1 Å². The molecule has 0 aromatic carbocycles. The fraction of sp³-hybridized carbons (Fsp3) is 0.455. The quantitative estimate of drug-likeness (QED) is 0.823. The Balaban J connectivity index is 2.88. The third kappa shape index (κ3) is 3.41. The molecule has 6 heteroatoms. The van der Waals surface area contributed by atoms with Gasteiger partial charge >= 0.3 is 0 Å². The van der Waals surface area contributed by atoms with Crippen molar-refractivity contribution >= 4 is 5.91 Å². The number of aromatic amines is 1. The molecule has 1 aromatic rings. The van der Waals surface area contributed by atoms with Crippen LogP contribution >= 0.6 is 0 Å². The molecule has 0 fully saturated rings. The summed E-state index contributed by atoms with van der Waals surface area (Å²) in [6, 6.07) is 4.60. The van der Waals surface area contributed by atoms with E-state index in [2.05, 4.69) is 10.2 Å². The summed E-state index contributed by atoms with van der Waals surface area (Å²) in [5.74, 6) is -0.286. The molecule has 1 heterocycles. The van der Waals surface area contributed by atoms with Crippen LogP contribution in [0.5, 0.6) is 0 Å². The molecule has 17 heavy (non-hydrogen) atoms. The van der Waals surface area contributed by atoms with E-state index in [0.717, 1.165) is 0 Å². The van der Waals surface area contributed by atoms with Crippen molar-refractivity contribution in [3.8, 4) is 6.07 Å². The number of nitrogens with zero attached hydrogens (tertiary/aromatic N) is 3. The van der Waals surface area contributed by atoms with Crippen molar-refractivity contribution in [2.75, 3.05) is 6.54 Å². The van der Waals surface area contributed by atoms with Gasteiger partial charge in [0.15, 0.2) is 0 Å². The molecule has 90 valence electrons. The van der Waals surface area contributed by atoms with Gasteiger partial charge in [-0.1, -0.05) is 0 Å². The normalized spacial score (nSPS) is 10.0. The molecule has 1 aromatic heterocycles. The summed E-state index contributed by atoms with van der Waals surface area (Å²) in [6.07, 6.45) is 0.271. The average Bonchev–Trinajstić information content (AvgIpc) is 2.29. The molecule has 0 unspecified atom stereocenters. The molecule has 0 aliphatic heterocycles.